The lowest BCUT2D eigenvalue weighted by Gasteiger charge is -2.20. The van der Waals surface area contributed by atoms with Gasteiger partial charge in [0, 0.05) is 19.3 Å². The Morgan fingerprint density at radius 2 is 2.21 bits per heavy atom. The molecule has 19 heavy (non-hydrogen) atoms. The van der Waals surface area contributed by atoms with Gasteiger partial charge in [-0.1, -0.05) is 6.92 Å². The quantitative estimate of drug-likeness (QED) is 0.590. The summed E-state index contributed by atoms with van der Waals surface area (Å²) < 4.78 is 34.5. The SMILES string of the molecule is CCCNC(CCOCC(F)F)CCC1CCCO1. The van der Waals surface area contributed by atoms with Crippen molar-refractivity contribution in [2.24, 2.45) is 0 Å². The van der Waals surface area contributed by atoms with Gasteiger partial charge in [0.25, 0.3) is 6.43 Å². The Hall–Kier alpha value is -0.260. The maximum absolute atomic E-state index is 12.0. The predicted octanol–water partition coefficient (Wildman–Crippen LogP) is 2.99. The molecule has 0 bridgehead atoms. The van der Waals surface area contributed by atoms with E-state index < -0.39 is 13.0 Å². The van der Waals surface area contributed by atoms with Gasteiger partial charge in [-0.15, -0.1) is 0 Å². The Labute approximate surface area is 115 Å². The number of halogens is 2. The van der Waals surface area contributed by atoms with Gasteiger partial charge in [-0.05, 0) is 45.1 Å². The van der Waals surface area contributed by atoms with Crippen LogP contribution in [-0.2, 0) is 9.47 Å². The summed E-state index contributed by atoms with van der Waals surface area (Å²) in [6, 6.07) is 0.349. The summed E-state index contributed by atoms with van der Waals surface area (Å²) in [5, 5.41) is 3.46. The Balaban J connectivity index is 2.13. The topological polar surface area (TPSA) is 30.5 Å². The van der Waals surface area contributed by atoms with Crippen molar-refractivity contribution >= 4 is 0 Å². The molecule has 3 nitrogen and oxygen atoms in total. The summed E-state index contributed by atoms with van der Waals surface area (Å²) in [4.78, 5) is 0. The average molecular weight is 279 g/mol. The van der Waals surface area contributed by atoms with Crippen molar-refractivity contribution in [2.45, 2.75) is 64.0 Å². The minimum absolute atomic E-state index is 0.349. The van der Waals surface area contributed by atoms with Gasteiger partial charge in [-0.25, -0.2) is 8.78 Å². The van der Waals surface area contributed by atoms with E-state index in [4.69, 9.17) is 9.47 Å². The highest BCUT2D eigenvalue weighted by Crippen LogP contribution is 2.18. The molecule has 0 aromatic rings. The van der Waals surface area contributed by atoms with Crippen LogP contribution < -0.4 is 5.32 Å². The third-order valence-electron chi connectivity index (χ3n) is 3.40. The lowest BCUT2D eigenvalue weighted by molar-refractivity contribution is 0.0137. The van der Waals surface area contributed by atoms with Crippen LogP contribution in [0.5, 0.6) is 0 Å². The molecule has 1 heterocycles. The van der Waals surface area contributed by atoms with Crippen LogP contribution in [0.3, 0.4) is 0 Å². The molecule has 2 atom stereocenters. The molecule has 1 aliphatic heterocycles. The molecule has 0 amide bonds. The smallest absolute Gasteiger partial charge is 0.261 e. The molecule has 0 radical (unpaired) electrons. The number of hydrogen-bond acceptors (Lipinski definition) is 3. The number of ether oxygens (including phenoxy) is 2. The fraction of sp³-hybridized carbons (Fsp3) is 1.00. The van der Waals surface area contributed by atoms with Crippen molar-refractivity contribution < 1.29 is 18.3 Å². The van der Waals surface area contributed by atoms with E-state index in [2.05, 4.69) is 12.2 Å². The molecule has 0 saturated carbocycles. The largest absolute Gasteiger partial charge is 0.378 e. The molecule has 0 aromatic heterocycles. The number of nitrogens with one attached hydrogen (secondary N) is 1. The van der Waals surface area contributed by atoms with Crippen LogP contribution in [0.25, 0.3) is 0 Å². The molecule has 1 fully saturated rings. The van der Waals surface area contributed by atoms with Crippen LogP contribution in [0.4, 0.5) is 8.78 Å². The van der Waals surface area contributed by atoms with Gasteiger partial charge in [-0.2, -0.15) is 0 Å². The molecule has 2 unspecified atom stereocenters. The molecule has 0 spiro atoms. The van der Waals surface area contributed by atoms with Gasteiger partial charge in [0.05, 0.1) is 6.10 Å². The standard InChI is InChI=1S/C14H27F2NO2/c1-2-8-17-12(7-10-18-11-14(15)16)5-6-13-4-3-9-19-13/h12-14,17H,2-11H2,1H3. The Morgan fingerprint density at radius 1 is 1.37 bits per heavy atom. The normalized spacial score (nSPS) is 21.2. The van der Waals surface area contributed by atoms with Gasteiger partial charge in [0.15, 0.2) is 0 Å². The third kappa shape index (κ3) is 8.50. The van der Waals surface area contributed by atoms with Crippen molar-refractivity contribution in [3.8, 4) is 0 Å². The zero-order chi connectivity index (χ0) is 13.9. The third-order valence-corrected chi connectivity index (χ3v) is 3.40. The van der Waals surface area contributed by atoms with E-state index in [1.165, 1.54) is 0 Å². The van der Waals surface area contributed by atoms with Crippen LogP contribution in [-0.4, -0.2) is 44.9 Å². The molecule has 1 saturated heterocycles. The van der Waals surface area contributed by atoms with E-state index in [9.17, 15) is 8.78 Å². The monoisotopic (exact) mass is 279 g/mol. The van der Waals surface area contributed by atoms with Gasteiger partial charge >= 0.3 is 0 Å². The Bertz CT molecular complexity index is 212. The highest BCUT2D eigenvalue weighted by molar-refractivity contribution is 4.72. The minimum atomic E-state index is -2.37. The van der Waals surface area contributed by atoms with Crippen molar-refractivity contribution in [3.05, 3.63) is 0 Å². The van der Waals surface area contributed by atoms with E-state index in [0.717, 1.165) is 51.7 Å². The first-order chi connectivity index (χ1) is 9.22. The minimum Gasteiger partial charge on any atom is -0.378 e. The first-order valence-electron chi connectivity index (χ1n) is 7.43. The fourth-order valence-corrected chi connectivity index (χ4v) is 2.35. The van der Waals surface area contributed by atoms with Gasteiger partial charge in [-0.3, -0.25) is 0 Å². The fourth-order valence-electron chi connectivity index (χ4n) is 2.35. The molecule has 114 valence electrons. The summed E-state index contributed by atoms with van der Waals surface area (Å²) in [5.41, 5.74) is 0. The van der Waals surface area contributed by atoms with Crippen LogP contribution in [0.2, 0.25) is 0 Å². The summed E-state index contributed by atoms with van der Waals surface area (Å²) in [7, 11) is 0. The molecule has 1 aliphatic rings. The summed E-state index contributed by atoms with van der Waals surface area (Å²) in [6.45, 7) is 3.92. The second kappa shape index (κ2) is 10.5. The van der Waals surface area contributed by atoms with Gasteiger partial charge in [0.1, 0.15) is 6.61 Å². The van der Waals surface area contributed by atoms with E-state index in [0.29, 0.717) is 18.8 Å². The van der Waals surface area contributed by atoms with Gasteiger partial charge in [0.2, 0.25) is 0 Å². The molecule has 0 aliphatic carbocycles. The maximum atomic E-state index is 12.0. The molecule has 1 N–H and O–H groups in total. The number of rotatable bonds is 11. The highest BCUT2D eigenvalue weighted by Gasteiger charge is 2.17. The second-order valence-electron chi connectivity index (χ2n) is 5.12. The zero-order valence-corrected chi connectivity index (χ0v) is 11.9. The van der Waals surface area contributed by atoms with Crippen molar-refractivity contribution in [1.29, 1.82) is 0 Å². The van der Waals surface area contributed by atoms with Crippen molar-refractivity contribution in [2.75, 3.05) is 26.4 Å². The first kappa shape index (κ1) is 16.8. The molecule has 1 rings (SSSR count). The van der Waals surface area contributed by atoms with Crippen LogP contribution >= 0.6 is 0 Å². The van der Waals surface area contributed by atoms with Gasteiger partial charge < -0.3 is 14.8 Å². The van der Waals surface area contributed by atoms with Crippen LogP contribution in [0, 0.1) is 0 Å². The van der Waals surface area contributed by atoms with E-state index in [1.807, 2.05) is 0 Å². The van der Waals surface area contributed by atoms with Crippen LogP contribution in [0.15, 0.2) is 0 Å². The molecule has 0 aromatic carbocycles. The van der Waals surface area contributed by atoms with Crippen molar-refractivity contribution in [1.82, 2.24) is 5.32 Å². The highest BCUT2D eigenvalue weighted by atomic mass is 19.3. The zero-order valence-electron chi connectivity index (χ0n) is 11.9. The van der Waals surface area contributed by atoms with E-state index in [1.54, 1.807) is 0 Å². The Morgan fingerprint density at radius 3 is 2.84 bits per heavy atom. The average Bonchev–Trinajstić information content (AvgIpc) is 2.89. The van der Waals surface area contributed by atoms with Crippen molar-refractivity contribution in [3.63, 3.8) is 0 Å². The lowest BCUT2D eigenvalue weighted by Crippen LogP contribution is -2.32. The molecular formula is C14H27F2NO2. The maximum Gasteiger partial charge on any atom is 0.261 e. The predicted molar refractivity (Wildman–Crippen MR) is 71.7 cm³/mol. The Kier molecular flexibility index (Phi) is 9.30. The van der Waals surface area contributed by atoms with E-state index >= 15 is 0 Å². The first-order valence-corrected chi connectivity index (χ1v) is 7.43. The van der Waals surface area contributed by atoms with E-state index in [-0.39, 0.29) is 0 Å². The number of alkyl halides is 2. The number of hydrogen-bond donors (Lipinski definition) is 1. The lowest BCUT2D eigenvalue weighted by atomic mass is 10.0. The molecule has 5 heteroatoms. The summed E-state index contributed by atoms with van der Waals surface area (Å²) in [6.07, 6.45) is 4.30. The second-order valence-corrected chi connectivity index (χ2v) is 5.12. The summed E-state index contributed by atoms with van der Waals surface area (Å²) in [5.74, 6) is 0. The summed E-state index contributed by atoms with van der Waals surface area (Å²) >= 11 is 0. The van der Waals surface area contributed by atoms with Crippen LogP contribution in [0.1, 0.15) is 45.4 Å². The molecular weight excluding hydrogens is 252 g/mol.